The molecule has 0 amide bonds. The summed E-state index contributed by atoms with van der Waals surface area (Å²) < 4.78 is 36.4. The summed E-state index contributed by atoms with van der Waals surface area (Å²) in [5, 5.41) is 3.98. The van der Waals surface area contributed by atoms with Gasteiger partial charge in [-0.05, 0) is 75.4 Å². The van der Waals surface area contributed by atoms with Crippen LogP contribution in [0.3, 0.4) is 0 Å². The molecule has 0 radical (unpaired) electrons. The lowest BCUT2D eigenvalue weighted by atomic mass is 9.97. The molecule has 0 bridgehead atoms. The van der Waals surface area contributed by atoms with Crippen LogP contribution in [0.1, 0.15) is 24.0 Å². The molecule has 6 rings (SSSR count). The number of carbonyl (C=O) groups excluding carboxylic acids is 2. The molecule has 0 N–H and O–H groups in total. The third-order valence-electron chi connectivity index (χ3n) is 10.1. The second kappa shape index (κ2) is 17.6. The van der Waals surface area contributed by atoms with E-state index in [0.29, 0.717) is 34.1 Å². The Morgan fingerprint density at radius 3 is 1.27 bits per heavy atom. The van der Waals surface area contributed by atoms with Crippen molar-refractivity contribution in [2.24, 2.45) is 0 Å². The van der Waals surface area contributed by atoms with E-state index in [4.69, 9.17) is 28.4 Å². The van der Waals surface area contributed by atoms with Crippen LogP contribution in [0.25, 0.3) is 21.5 Å². The van der Waals surface area contributed by atoms with Crippen LogP contribution in [0.15, 0.2) is 133 Å². The van der Waals surface area contributed by atoms with E-state index in [1.807, 2.05) is 97.1 Å². The topological polar surface area (TPSA) is 96.0 Å². The minimum atomic E-state index is -1.47. The second-order valence-electron chi connectivity index (χ2n) is 13.8. The van der Waals surface area contributed by atoms with Gasteiger partial charge in [-0.15, -0.1) is 0 Å². The maximum atomic E-state index is 14.2. The number of benzene rings is 6. The summed E-state index contributed by atoms with van der Waals surface area (Å²) in [6, 6.07) is 42.0. The SMILES string of the molecule is COc1cccc(C(CCOc2cccc3ccccc23)(OC(=O)C(=O)OC(CCOc2cccc3ccccc23)(c2cccc(OC)c2)N(C)C)N(C)C)c1. The summed E-state index contributed by atoms with van der Waals surface area (Å²) >= 11 is 0. The van der Waals surface area contributed by atoms with Gasteiger partial charge in [0.2, 0.25) is 0 Å². The van der Waals surface area contributed by atoms with E-state index < -0.39 is 23.4 Å². The van der Waals surface area contributed by atoms with Crippen molar-refractivity contribution < 1.29 is 38.0 Å². The standard InChI is InChI=1S/C46H48N2O8/c1-47(2)45(35-19-13-21-37(31-35)51-5,27-29-53-41-25-11-17-33-15-7-9-23-39(33)41)55-43(49)44(50)56-46(48(3)4,36-20-14-22-38(32-36)52-6)28-30-54-42-26-12-18-34-16-8-10-24-40(34)42/h7-26,31-32H,27-30H2,1-6H3. The van der Waals surface area contributed by atoms with Crippen molar-refractivity contribution in [1.82, 2.24) is 9.80 Å². The first-order chi connectivity index (χ1) is 27.1. The van der Waals surface area contributed by atoms with Crippen LogP contribution in [0, 0.1) is 0 Å². The van der Waals surface area contributed by atoms with Crippen molar-refractivity contribution in [3.05, 3.63) is 145 Å². The molecule has 6 aromatic carbocycles. The summed E-state index contributed by atoms with van der Waals surface area (Å²) in [6.45, 7) is 0.283. The van der Waals surface area contributed by atoms with Gasteiger partial charge in [0.05, 0.1) is 27.4 Å². The van der Waals surface area contributed by atoms with Crippen LogP contribution in [-0.2, 0) is 30.5 Å². The Labute approximate surface area is 328 Å². The highest BCUT2D eigenvalue weighted by Crippen LogP contribution is 2.38. The number of esters is 2. The van der Waals surface area contributed by atoms with Crippen LogP contribution in [0.2, 0.25) is 0 Å². The third kappa shape index (κ3) is 8.41. The number of methoxy groups -OCH3 is 2. The molecule has 0 aromatic heterocycles. The van der Waals surface area contributed by atoms with E-state index in [2.05, 4.69) is 0 Å². The molecule has 10 nitrogen and oxygen atoms in total. The molecule has 2 unspecified atom stereocenters. The van der Waals surface area contributed by atoms with Gasteiger partial charge in [-0.1, -0.05) is 97.1 Å². The lowest BCUT2D eigenvalue weighted by Gasteiger charge is -2.41. The van der Waals surface area contributed by atoms with E-state index in [1.54, 1.807) is 88.6 Å². The van der Waals surface area contributed by atoms with E-state index in [9.17, 15) is 9.59 Å². The molecule has 10 heteroatoms. The molecule has 2 atom stereocenters. The summed E-state index contributed by atoms with van der Waals surface area (Å²) in [4.78, 5) is 31.9. The van der Waals surface area contributed by atoms with Gasteiger partial charge in [-0.2, -0.15) is 0 Å². The fourth-order valence-electron chi connectivity index (χ4n) is 7.02. The second-order valence-corrected chi connectivity index (χ2v) is 13.8. The first-order valence-electron chi connectivity index (χ1n) is 18.4. The monoisotopic (exact) mass is 756 g/mol. The number of ether oxygens (including phenoxy) is 6. The van der Waals surface area contributed by atoms with Crippen molar-refractivity contribution in [2.45, 2.75) is 24.3 Å². The Hall–Kier alpha value is -6.10. The number of fused-ring (bicyclic) bond motifs is 2. The predicted octanol–water partition coefficient (Wildman–Crippen LogP) is 8.16. The van der Waals surface area contributed by atoms with E-state index in [-0.39, 0.29) is 26.1 Å². The van der Waals surface area contributed by atoms with Gasteiger partial charge < -0.3 is 28.4 Å². The van der Waals surface area contributed by atoms with Crippen molar-refractivity contribution in [2.75, 3.05) is 55.6 Å². The normalized spacial score (nSPS) is 13.5. The quantitative estimate of drug-likeness (QED) is 0.0547. The van der Waals surface area contributed by atoms with E-state index >= 15 is 0 Å². The average molecular weight is 757 g/mol. The smallest absolute Gasteiger partial charge is 0.419 e. The highest BCUT2D eigenvalue weighted by Gasteiger charge is 2.45. The lowest BCUT2D eigenvalue weighted by Crippen LogP contribution is -2.51. The zero-order valence-corrected chi connectivity index (χ0v) is 32.7. The summed E-state index contributed by atoms with van der Waals surface area (Å²) in [5.41, 5.74) is -1.77. The number of hydrogen-bond donors (Lipinski definition) is 0. The third-order valence-corrected chi connectivity index (χ3v) is 10.1. The van der Waals surface area contributed by atoms with Gasteiger partial charge in [0.1, 0.15) is 23.0 Å². The molecular weight excluding hydrogens is 709 g/mol. The Kier molecular flexibility index (Phi) is 12.4. The molecule has 0 aliphatic carbocycles. The summed E-state index contributed by atoms with van der Waals surface area (Å²) in [7, 11) is 10.2. The fraction of sp³-hybridized carbons (Fsp3) is 0.261. The Bertz CT molecular complexity index is 2120. The molecule has 0 aliphatic rings. The molecule has 0 spiro atoms. The first kappa shape index (κ1) is 39.6. The molecule has 0 heterocycles. The lowest BCUT2D eigenvalue weighted by molar-refractivity contribution is -0.212. The number of hydrogen-bond acceptors (Lipinski definition) is 10. The molecule has 0 fully saturated rings. The maximum absolute atomic E-state index is 14.2. The first-order valence-corrected chi connectivity index (χ1v) is 18.4. The van der Waals surface area contributed by atoms with Gasteiger partial charge in [0.15, 0.2) is 11.4 Å². The van der Waals surface area contributed by atoms with Crippen LogP contribution >= 0.6 is 0 Å². The average Bonchev–Trinajstić information content (AvgIpc) is 3.22. The largest absolute Gasteiger partial charge is 0.497 e. The Morgan fingerprint density at radius 1 is 0.500 bits per heavy atom. The van der Waals surface area contributed by atoms with E-state index in [0.717, 1.165) is 21.5 Å². The highest BCUT2D eigenvalue weighted by atomic mass is 16.6. The summed E-state index contributed by atoms with van der Waals surface area (Å²) in [5.74, 6) is 0.113. The molecule has 6 aromatic rings. The maximum Gasteiger partial charge on any atom is 0.419 e. The highest BCUT2D eigenvalue weighted by molar-refractivity contribution is 6.30. The van der Waals surface area contributed by atoms with Crippen molar-refractivity contribution in [3.63, 3.8) is 0 Å². The minimum Gasteiger partial charge on any atom is -0.497 e. The number of rotatable bonds is 16. The molecule has 0 saturated heterocycles. The Balaban J connectivity index is 1.30. The van der Waals surface area contributed by atoms with Crippen LogP contribution in [0.5, 0.6) is 23.0 Å². The number of carbonyl (C=O) groups is 2. The van der Waals surface area contributed by atoms with Crippen molar-refractivity contribution >= 4 is 33.5 Å². The molecule has 0 aliphatic heterocycles. The van der Waals surface area contributed by atoms with E-state index in [1.165, 1.54) is 0 Å². The Morgan fingerprint density at radius 2 is 0.875 bits per heavy atom. The molecule has 56 heavy (non-hydrogen) atoms. The van der Waals surface area contributed by atoms with Gasteiger partial charge in [-0.3, -0.25) is 9.80 Å². The molecule has 290 valence electrons. The van der Waals surface area contributed by atoms with Crippen molar-refractivity contribution in [1.29, 1.82) is 0 Å². The fourth-order valence-corrected chi connectivity index (χ4v) is 7.02. The van der Waals surface area contributed by atoms with Crippen molar-refractivity contribution in [3.8, 4) is 23.0 Å². The number of nitrogens with zero attached hydrogens (tertiary/aromatic N) is 2. The van der Waals surface area contributed by atoms with Gasteiger partial charge >= 0.3 is 11.9 Å². The molecule has 0 saturated carbocycles. The van der Waals surface area contributed by atoms with Crippen LogP contribution in [0.4, 0.5) is 0 Å². The van der Waals surface area contributed by atoms with Crippen LogP contribution in [-0.4, -0.2) is 77.4 Å². The predicted molar refractivity (Wildman–Crippen MR) is 217 cm³/mol. The summed E-state index contributed by atoms with van der Waals surface area (Å²) in [6.07, 6.45) is 0.311. The van der Waals surface area contributed by atoms with Crippen LogP contribution < -0.4 is 18.9 Å². The zero-order valence-electron chi connectivity index (χ0n) is 32.7. The zero-order chi connectivity index (χ0) is 39.7. The molecular formula is C46H48N2O8. The van der Waals surface area contributed by atoms with Gasteiger partial charge in [0.25, 0.3) is 0 Å². The van der Waals surface area contributed by atoms with Gasteiger partial charge in [-0.25, -0.2) is 9.59 Å². The van der Waals surface area contributed by atoms with Gasteiger partial charge in [0, 0.05) is 34.7 Å². The minimum absolute atomic E-state index is 0.142.